The Balaban J connectivity index is 1.91. The molecule has 0 saturated heterocycles. The van der Waals surface area contributed by atoms with Crippen LogP contribution < -0.4 is 4.90 Å². The van der Waals surface area contributed by atoms with Crippen LogP contribution >= 0.6 is 0 Å². The van der Waals surface area contributed by atoms with Gasteiger partial charge in [-0.3, -0.25) is 9.69 Å². The van der Waals surface area contributed by atoms with Crippen LogP contribution in [0.25, 0.3) is 0 Å². The molecule has 0 spiro atoms. The topological polar surface area (TPSA) is 74.7 Å². The van der Waals surface area contributed by atoms with Crippen LogP contribution in [-0.4, -0.2) is 19.4 Å². The van der Waals surface area contributed by atoms with Gasteiger partial charge in [0.05, 0.1) is 4.90 Å². The number of rotatable bonds is 5. The van der Waals surface area contributed by atoms with Crippen LogP contribution in [0.5, 0.6) is 0 Å². The lowest BCUT2D eigenvalue weighted by atomic mass is 9.98. The van der Waals surface area contributed by atoms with E-state index in [2.05, 4.69) is 13.8 Å². The molecule has 1 aliphatic rings. The van der Waals surface area contributed by atoms with E-state index in [1.54, 1.807) is 36.4 Å². The first kappa shape index (κ1) is 21.8. The number of nitrogens with zero attached hydrogens (tertiary/aromatic N) is 1. The van der Waals surface area contributed by atoms with E-state index in [-0.39, 0.29) is 9.80 Å². The minimum absolute atomic E-state index is 0.0381. The van der Waals surface area contributed by atoms with Gasteiger partial charge in [-0.1, -0.05) is 74.0 Å². The Bertz CT molecular complexity index is 1280. The Morgan fingerprint density at radius 2 is 1.47 bits per heavy atom. The molecule has 1 unspecified atom stereocenters. The number of carbonyl (C=O) groups is 1. The van der Waals surface area contributed by atoms with Gasteiger partial charge in [0.1, 0.15) is 10.9 Å². The van der Waals surface area contributed by atoms with Crippen LogP contribution in [0, 0.1) is 6.92 Å². The van der Waals surface area contributed by atoms with Gasteiger partial charge in [-0.15, -0.1) is 0 Å². The average Bonchev–Trinajstić information content (AvgIpc) is 3.06. The van der Waals surface area contributed by atoms with E-state index in [1.807, 2.05) is 37.3 Å². The maximum Gasteiger partial charge on any atom is 0.295 e. The summed E-state index contributed by atoms with van der Waals surface area (Å²) in [6.07, 6.45) is 0. The van der Waals surface area contributed by atoms with E-state index >= 15 is 0 Å². The Morgan fingerprint density at radius 1 is 0.875 bits per heavy atom. The molecule has 32 heavy (non-hydrogen) atoms. The fourth-order valence-electron chi connectivity index (χ4n) is 3.92. The number of hydrogen-bond acceptors (Lipinski definition) is 4. The largest absolute Gasteiger partial charge is 0.502 e. The number of benzene rings is 3. The molecule has 1 N–H and O–H groups in total. The minimum atomic E-state index is -4.14. The molecule has 0 bridgehead atoms. The summed E-state index contributed by atoms with van der Waals surface area (Å²) in [5.74, 6) is -1.17. The number of anilines is 1. The second kappa shape index (κ2) is 8.28. The van der Waals surface area contributed by atoms with Gasteiger partial charge in [0.15, 0.2) is 5.76 Å². The zero-order chi connectivity index (χ0) is 23.0. The summed E-state index contributed by atoms with van der Waals surface area (Å²) in [6.45, 7) is 6.01. The third-order valence-electron chi connectivity index (χ3n) is 5.74. The molecular formula is C26H25NO4S. The molecule has 164 valence electrons. The Labute approximate surface area is 188 Å². The molecule has 3 aromatic rings. The molecule has 0 saturated carbocycles. The molecule has 6 heteroatoms. The lowest BCUT2D eigenvalue weighted by molar-refractivity contribution is -0.117. The molecule has 4 rings (SSSR count). The molecule has 0 fully saturated rings. The summed E-state index contributed by atoms with van der Waals surface area (Å²) in [5, 5.41) is 10.8. The van der Waals surface area contributed by atoms with Gasteiger partial charge in [0.25, 0.3) is 5.91 Å². The van der Waals surface area contributed by atoms with Crippen molar-refractivity contribution >= 4 is 21.4 Å². The Hall–Kier alpha value is -3.38. The predicted molar refractivity (Wildman–Crippen MR) is 125 cm³/mol. The number of aliphatic hydroxyl groups excluding tert-OH is 1. The van der Waals surface area contributed by atoms with Crippen LogP contribution in [0.15, 0.2) is 94.4 Å². The molecule has 0 radical (unpaired) electrons. The van der Waals surface area contributed by atoms with Crippen molar-refractivity contribution in [1.29, 1.82) is 0 Å². The van der Waals surface area contributed by atoms with E-state index in [9.17, 15) is 18.3 Å². The summed E-state index contributed by atoms with van der Waals surface area (Å²) in [7, 11) is -4.14. The summed E-state index contributed by atoms with van der Waals surface area (Å²) >= 11 is 0. The smallest absolute Gasteiger partial charge is 0.295 e. The highest BCUT2D eigenvalue weighted by Gasteiger charge is 2.47. The van der Waals surface area contributed by atoms with Crippen LogP contribution in [0.4, 0.5) is 5.69 Å². The Morgan fingerprint density at radius 3 is 2.03 bits per heavy atom. The van der Waals surface area contributed by atoms with Gasteiger partial charge in [0.2, 0.25) is 9.84 Å². The SMILES string of the molecule is Cc1ccc(S(=O)(=O)C2=C(O)C(=O)N(c3ccccc3)C2c2ccc(C(C)C)cc2)cc1. The summed E-state index contributed by atoms with van der Waals surface area (Å²) in [6, 6.07) is 21.7. The molecular weight excluding hydrogens is 422 g/mol. The maximum absolute atomic E-state index is 13.6. The zero-order valence-corrected chi connectivity index (χ0v) is 19.0. The number of para-hydroxylation sites is 1. The minimum Gasteiger partial charge on any atom is -0.502 e. The number of carbonyl (C=O) groups excluding carboxylic acids is 1. The molecule has 1 heterocycles. The van der Waals surface area contributed by atoms with Crippen molar-refractivity contribution in [2.45, 2.75) is 37.6 Å². The number of aryl methyl sites for hydroxylation is 1. The maximum atomic E-state index is 13.6. The first-order valence-corrected chi connectivity index (χ1v) is 11.9. The molecule has 1 aliphatic heterocycles. The van der Waals surface area contributed by atoms with Crippen LogP contribution in [-0.2, 0) is 14.6 Å². The highest BCUT2D eigenvalue weighted by molar-refractivity contribution is 7.95. The predicted octanol–water partition coefficient (Wildman–Crippen LogP) is 5.45. The standard InChI is InChI=1S/C26H25NO4S/c1-17(2)19-11-13-20(14-12-19)23-25(32(30,31)22-15-9-18(3)10-16-22)24(28)26(29)27(23)21-7-5-4-6-8-21/h4-17,23,28H,1-3H3. The van der Waals surface area contributed by atoms with Gasteiger partial charge in [-0.05, 0) is 48.2 Å². The van der Waals surface area contributed by atoms with Crippen LogP contribution in [0.1, 0.15) is 42.5 Å². The van der Waals surface area contributed by atoms with Crippen LogP contribution in [0.3, 0.4) is 0 Å². The summed E-state index contributed by atoms with van der Waals surface area (Å²) < 4.78 is 27.3. The lowest BCUT2D eigenvalue weighted by Crippen LogP contribution is -2.31. The fourth-order valence-corrected chi connectivity index (χ4v) is 5.55. The van der Waals surface area contributed by atoms with E-state index in [0.717, 1.165) is 11.1 Å². The van der Waals surface area contributed by atoms with Crippen molar-refractivity contribution in [2.24, 2.45) is 0 Å². The molecule has 0 aromatic heterocycles. The van der Waals surface area contributed by atoms with Crippen LogP contribution in [0.2, 0.25) is 0 Å². The monoisotopic (exact) mass is 447 g/mol. The normalized spacial score (nSPS) is 16.8. The van der Waals surface area contributed by atoms with E-state index in [4.69, 9.17) is 0 Å². The number of sulfone groups is 1. The van der Waals surface area contributed by atoms with Gasteiger partial charge in [-0.25, -0.2) is 8.42 Å². The quantitative estimate of drug-likeness (QED) is 0.564. The van der Waals surface area contributed by atoms with Gasteiger partial charge in [0, 0.05) is 5.69 Å². The molecule has 5 nitrogen and oxygen atoms in total. The second-order valence-corrected chi connectivity index (χ2v) is 10.2. The fraction of sp³-hybridized carbons (Fsp3) is 0.192. The highest BCUT2D eigenvalue weighted by atomic mass is 32.2. The van der Waals surface area contributed by atoms with Gasteiger partial charge >= 0.3 is 0 Å². The van der Waals surface area contributed by atoms with Crippen molar-refractivity contribution in [3.05, 3.63) is 106 Å². The third kappa shape index (κ3) is 3.71. The number of amides is 1. The lowest BCUT2D eigenvalue weighted by Gasteiger charge is -2.27. The summed E-state index contributed by atoms with van der Waals surface area (Å²) in [4.78, 5) is 14.2. The van der Waals surface area contributed by atoms with E-state index in [1.165, 1.54) is 17.0 Å². The molecule has 0 aliphatic carbocycles. The second-order valence-electron chi connectivity index (χ2n) is 8.26. The Kier molecular flexibility index (Phi) is 5.65. The molecule has 1 atom stereocenters. The van der Waals surface area contributed by atoms with Gasteiger partial charge in [-0.2, -0.15) is 0 Å². The summed E-state index contributed by atoms with van der Waals surface area (Å²) in [5.41, 5.74) is 3.13. The van der Waals surface area contributed by atoms with E-state index in [0.29, 0.717) is 17.2 Å². The third-order valence-corrected chi connectivity index (χ3v) is 7.62. The molecule has 1 amide bonds. The number of aliphatic hydroxyl groups is 1. The van der Waals surface area contributed by atoms with Crippen molar-refractivity contribution in [1.82, 2.24) is 0 Å². The van der Waals surface area contributed by atoms with Crippen molar-refractivity contribution in [2.75, 3.05) is 4.90 Å². The average molecular weight is 448 g/mol. The molecule has 3 aromatic carbocycles. The highest BCUT2D eigenvalue weighted by Crippen LogP contribution is 2.44. The first-order valence-electron chi connectivity index (χ1n) is 10.4. The van der Waals surface area contributed by atoms with Crippen molar-refractivity contribution < 1.29 is 18.3 Å². The van der Waals surface area contributed by atoms with Crippen molar-refractivity contribution in [3.63, 3.8) is 0 Å². The van der Waals surface area contributed by atoms with Crippen molar-refractivity contribution in [3.8, 4) is 0 Å². The first-order chi connectivity index (χ1) is 15.2. The van der Waals surface area contributed by atoms with E-state index < -0.39 is 27.5 Å². The number of hydrogen-bond donors (Lipinski definition) is 1. The zero-order valence-electron chi connectivity index (χ0n) is 18.2. The van der Waals surface area contributed by atoms with Gasteiger partial charge < -0.3 is 5.11 Å².